The number of hydrogen-bond donors (Lipinski definition) is 0. The maximum atomic E-state index is 11.8. The van der Waals surface area contributed by atoms with Crippen LogP contribution in [0.25, 0.3) is 6.08 Å². The van der Waals surface area contributed by atoms with Crippen molar-refractivity contribution in [3.05, 3.63) is 39.9 Å². The first-order valence-corrected chi connectivity index (χ1v) is 5.26. The molecule has 0 radical (unpaired) electrons. The van der Waals surface area contributed by atoms with Crippen LogP contribution >= 0.6 is 0 Å². The van der Waals surface area contributed by atoms with Gasteiger partial charge < -0.3 is 4.52 Å². The molecular formula is C12H17NO2. The van der Waals surface area contributed by atoms with E-state index in [0.29, 0.717) is 12.1 Å². The smallest absolute Gasteiger partial charge is 0.289 e. The van der Waals surface area contributed by atoms with E-state index in [0.717, 1.165) is 12.2 Å². The van der Waals surface area contributed by atoms with Crippen LogP contribution < -0.4 is 5.56 Å². The maximum absolute atomic E-state index is 11.8. The highest BCUT2D eigenvalue weighted by Gasteiger charge is 2.11. The van der Waals surface area contributed by atoms with Crippen molar-refractivity contribution >= 4 is 6.08 Å². The molecule has 0 fully saturated rings. The molecular weight excluding hydrogens is 190 g/mol. The summed E-state index contributed by atoms with van der Waals surface area (Å²) in [5.74, 6) is 0.752. The van der Waals surface area contributed by atoms with E-state index in [2.05, 4.69) is 0 Å². The Bertz CT molecular complexity index is 421. The van der Waals surface area contributed by atoms with E-state index in [9.17, 15) is 4.79 Å². The Labute approximate surface area is 89.7 Å². The Kier molecular flexibility index (Phi) is 4.16. The quantitative estimate of drug-likeness (QED) is 0.711. The van der Waals surface area contributed by atoms with Crippen molar-refractivity contribution in [3.63, 3.8) is 0 Å². The summed E-state index contributed by atoms with van der Waals surface area (Å²) in [7, 11) is 0. The Balaban J connectivity index is 3.14. The lowest BCUT2D eigenvalue weighted by molar-refractivity contribution is 0.251. The molecule has 0 unspecified atom stereocenters. The molecule has 3 nitrogen and oxygen atoms in total. The Morgan fingerprint density at radius 2 is 2.07 bits per heavy atom. The van der Waals surface area contributed by atoms with Gasteiger partial charge >= 0.3 is 0 Å². The van der Waals surface area contributed by atoms with Gasteiger partial charge in [0.1, 0.15) is 5.76 Å². The zero-order chi connectivity index (χ0) is 11.3. The first kappa shape index (κ1) is 11.6. The summed E-state index contributed by atoms with van der Waals surface area (Å²) in [6.07, 6.45) is 8.20. The molecule has 1 aromatic heterocycles. The minimum Gasteiger partial charge on any atom is -0.380 e. The van der Waals surface area contributed by atoms with Crippen LogP contribution in [0.1, 0.15) is 32.1 Å². The van der Waals surface area contributed by atoms with Crippen molar-refractivity contribution in [2.45, 2.75) is 33.7 Å². The van der Waals surface area contributed by atoms with Gasteiger partial charge in [0, 0.05) is 6.42 Å². The molecule has 0 amide bonds. The van der Waals surface area contributed by atoms with Gasteiger partial charge in [-0.3, -0.25) is 4.79 Å². The second-order valence-corrected chi connectivity index (χ2v) is 3.17. The largest absolute Gasteiger partial charge is 0.380 e. The predicted octanol–water partition coefficient (Wildman–Crippen LogP) is 2.61. The summed E-state index contributed by atoms with van der Waals surface area (Å²) in [6.45, 7) is 6.38. The van der Waals surface area contributed by atoms with Gasteiger partial charge in [-0.15, -0.1) is 0 Å². The molecule has 0 spiro atoms. The maximum Gasteiger partial charge on any atom is 0.289 e. The summed E-state index contributed by atoms with van der Waals surface area (Å²) in [5.41, 5.74) is 0.618. The molecule has 15 heavy (non-hydrogen) atoms. The van der Waals surface area contributed by atoms with Gasteiger partial charge in [-0.1, -0.05) is 25.2 Å². The van der Waals surface area contributed by atoms with Crippen LogP contribution in [0.2, 0.25) is 0 Å². The average Bonchev–Trinajstić information content (AvgIpc) is 2.56. The molecule has 0 aliphatic carbocycles. The van der Waals surface area contributed by atoms with Gasteiger partial charge in [0.25, 0.3) is 5.56 Å². The van der Waals surface area contributed by atoms with E-state index >= 15 is 0 Å². The topological polar surface area (TPSA) is 35.1 Å². The molecule has 0 atom stereocenters. The zero-order valence-corrected chi connectivity index (χ0v) is 9.49. The van der Waals surface area contributed by atoms with Gasteiger partial charge in [0.15, 0.2) is 0 Å². The van der Waals surface area contributed by atoms with E-state index < -0.39 is 0 Å². The van der Waals surface area contributed by atoms with Gasteiger partial charge in [0.2, 0.25) is 0 Å². The fourth-order valence-electron chi connectivity index (χ4n) is 1.37. The second kappa shape index (κ2) is 5.39. The summed E-state index contributed by atoms with van der Waals surface area (Å²) >= 11 is 0. The molecule has 0 saturated heterocycles. The lowest BCUT2D eigenvalue weighted by Crippen LogP contribution is -2.14. The van der Waals surface area contributed by atoms with Crippen molar-refractivity contribution in [2.75, 3.05) is 0 Å². The van der Waals surface area contributed by atoms with Crippen molar-refractivity contribution in [3.8, 4) is 0 Å². The minimum absolute atomic E-state index is 0.0462. The van der Waals surface area contributed by atoms with Crippen LogP contribution in [-0.2, 0) is 13.0 Å². The molecule has 1 rings (SSSR count). The molecule has 0 aliphatic rings. The van der Waals surface area contributed by atoms with Gasteiger partial charge in [-0.05, 0) is 19.9 Å². The molecule has 0 aromatic carbocycles. The van der Waals surface area contributed by atoms with Crippen LogP contribution in [0.5, 0.6) is 0 Å². The van der Waals surface area contributed by atoms with Crippen molar-refractivity contribution in [1.82, 2.24) is 4.74 Å². The number of aromatic nitrogens is 1. The van der Waals surface area contributed by atoms with Gasteiger partial charge in [-0.25, -0.2) is 0 Å². The lowest BCUT2D eigenvalue weighted by Gasteiger charge is -1.90. The molecule has 0 saturated carbocycles. The molecule has 1 heterocycles. The fraction of sp³-hybridized carbons (Fsp3) is 0.417. The fourth-order valence-corrected chi connectivity index (χ4v) is 1.37. The summed E-state index contributed by atoms with van der Waals surface area (Å²) in [5, 5.41) is 0. The first-order valence-electron chi connectivity index (χ1n) is 5.26. The van der Waals surface area contributed by atoms with E-state index in [1.165, 1.54) is 4.74 Å². The van der Waals surface area contributed by atoms with Crippen LogP contribution in [-0.4, -0.2) is 4.74 Å². The highest BCUT2D eigenvalue weighted by Crippen LogP contribution is 2.08. The van der Waals surface area contributed by atoms with Crippen LogP contribution in [0.3, 0.4) is 0 Å². The summed E-state index contributed by atoms with van der Waals surface area (Å²) in [4.78, 5) is 11.8. The normalized spacial score (nSPS) is 11.9. The minimum atomic E-state index is -0.0462. The van der Waals surface area contributed by atoms with Gasteiger partial charge in [0.05, 0.1) is 12.1 Å². The van der Waals surface area contributed by atoms with Crippen molar-refractivity contribution in [1.29, 1.82) is 0 Å². The third-order valence-electron chi connectivity index (χ3n) is 2.15. The number of aryl methyl sites for hydroxylation is 2. The van der Waals surface area contributed by atoms with Crippen LogP contribution in [0.15, 0.2) is 27.5 Å². The SMILES string of the molecule is C/C=C/C=C\c1c(CC)on(CC)c1=O. The summed E-state index contributed by atoms with van der Waals surface area (Å²) < 4.78 is 6.79. The molecule has 0 bridgehead atoms. The predicted molar refractivity (Wildman–Crippen MR) is 61.9 cm³/mol. The Morgan fingerprint density at radius 1 is 1.33 bits per heavy atom. The third-order valence-corrected chi connectivity index (χ3v) is 2.15. The Hall–Kier alpha value is -1.51. The monoisotopic (exact) mass is 207 g/mol. The van der Waals surface area contributed by atoms with Crippen molar-refractivity contribution in [2.24, 2.45) is 0 Å². The zero-order valence-electron chi connectivity index (χ0n) is 9.49. The first-order chi connectivity index (χ1) is 7.24. The number of nitrogens with zero attached hydrogens (tertiary/aromatic N) is 1. The molecule has 1 aromatic rings. The number of hydrogen-bond acceptors (Lipinski definition) is 2. The van der Waals surface area contributed by atoms with Crippen LogP contribution in [0.4, 0.5) is 0 Å². The summed E-state index contributed by atoms with van der Waals surface area (Å²) in [6, 6.07) is 0. The van der Waals surface area contributed by atoms with Gasteiger partial charge in [-0.2, -0.15) is 4.74 Å². The lowest BCUT2D eigenvalue weighted by atomic mass is 10.2. The van der Waals surface area contributed by atoms with E-state index in [4.69, 9.17) is 4.52 Å². The van der Waals surface area contributed by atoms with Crippen LogP contribution in [0, 0.1) is 0 Å². The highest BCUT2D eigenvalue weighted by atomic mass is 16.5. The molecule has 3 heteroatoms. The highest BCUT2D eigenvalue weighted by molar-refractivity contribution is 5.51. The molecule has 0 aliphatic heterocycles. The molecule has 0 N–H and O–H groups in total. The van der Waals surface area contributed by atoms with E-state index in [1.807, 2.05) is 39.0 Å². The molecule has 82 valence electrons. The van der Waals surface area contributed by atoms with Crippen molar-refractivity contribution < 1.29 is 4.52 Å². The average molecular weight is 207 g/mol. The van der Waals surface area contributed by atoms with E-state index in [-0.39, 0.29) is 5.56 Å². The standard InChI is InChI=1S/C12H17NO2/c1-4-7-8-9-10-11(5-2)15-13(6-3)12(10)14/h4,7-9H,5-6H2,1-3H3/b7-4+,9-8-. The Morgan fingerprint density at radius 3 is 2.60 bits per heavy atom. The van der Waals surface area contributed by atoms with E-state index in [1.54, 1.807) is 6.08 Å². The third kappa shape index (κ3) is 2.49. The number of rotatable bonds is 4. The second-order valence-electron chi connectivity index (χ2n) is 3.17. The number of allylic oxidation sites excluding steroid dienone is 3.